The van der Waals surface area contributed by atoms with E-state index < -0.39 is 0 Å². The summed E-state index contributed by atoms with van der Waals surface area (Å²) in [5.74, 6) is 0.669. The van der Waals surface area contributed by atoms with Crippen molar-refractivity contribution in [1.82, 2.24) is 15.3 Å². The molecule has 1 aromatic rings. The lowest BCUT2D eigenvalue weighted by Gasteiger charge is -2.31. The molecule has 17 heavy (non-hydrogen) atoms. The lowest BCUT2D eigenvalue weighted by Crippen LogP contribution is -2.44. The summed E-state index contributed by atoms with van der Waals surface area (Å²) < 4.78 is 0. The predicted molar refractivity (Wildman–Crippen MR) is 68.3 cm³/mol. The van der Waals surface area contributed by atoms with E-state index in [4.69, 9.17) is 0 Å². The highest BCUT2D eigenvalue weighted by molar-refractivity contribution is 5.50. The van der Waals surface area contributed by atoms with Crippen molar-refractivity contribution >= 4 is 5.69 Å². The molecule has 0 bridgehead atoms. The predicted octanol–water partition coefficient (Wildman–Crippen LogP) is 1.54. The van der Waals surface area contributed by atoms with Gasteiger partial charge in [-0.25, -0.2) is 9.97 Å². The zero-order chi connectivity index (χ0) is 11.5. The van der Waals surface area contributed by atoms with E-state index in [0.29, 0.717) is 5.92 Å². The molecule has 1 aromatic heterocycles. The van der Waals surface area contributed by atoms with Gasteiger partial charge in [-0.2, -0.15) is 0 Å². The second-order valence-electron chi connectivity index (χ2n) is 5.01. The molecule has 4 nitrogen and oxygen atoms in total. The van der Waals surface area contributed by atoms with E-state index in [0.717, 1.165) is 26.2 Å². The fourth-order valence-electron chi connectivity index (χ4n) is 2.99. The molecular formula is C13H20N4. The molecule has 1 saturated heterocycles. The van der Waals surface area contributed by atoms with Crippen LogP contribution >= 0.6 is 0 Å². The summed E-state index contributed by atoms with van der Waals surface area (Å²) in [6, 6.07) is 0. The van der Waals surface area contributed by atoms with Gasteiger partial charge in [0.05, 0.1) is 17.6 Å². The van der Waals surface area contributed by atoms with Gasteiger partial charge in [-0.1, -0.05) is 12.8 Å². The van der Waals surface area contributed by atoms with E-state index in [1.807, 2.05) is 6.20 Å². The standard InChI is InChI=1S/C13H20N4/c1-2-4-11(3-1)13-12(9-15-10-16-13)17-7-5-14-6-8-17/h9-11,14H,1-8H2. The highest BCUT2D eigenvalue weighted by Crippen LogP contribution is 2.37. The molecule has 0 aromatic carbocycles. The van der Waals surface area contributed by atoms with Crippen molar-refractivity contribution in [3.63, 3.8) is 0 Å². The molecule has 2 fully saturated rings. The summed E-state index contributed by atoms with van der Waals surface area (Å²) in [4.78, 5) is 11.2. The van der Waals surface area contributed by atoms with Crippen molar-refractivity contribution < 1.29 is 0 Å². The average molecular weight is 232 g/mol. The zero-order valence-electron chi connectivity index (χ0n) is 10.2. The largest absolute Gasteiger partial charge is 0.366 e. The van der Waals surface area contributed by atoms with Crippen LogP contribution < -0.4 is 10.2 Å². The van der Waals surface area contributed by atoms with Crippen molar-refractivity contribution in [3.8, 4) is 0 Å². The molecule has 4 heteroatoms. The van der Waals surface area contributed by atoms with Gasteiger partial charge in [0.25, 0.3) is 0 Å². The van der Waals surface area contributed by atoms with Crippen molar-refractivity contribution in [2.75, 3.05) is 31.1 Å². The molecule has 1 saturated carbocycles. The summed E-state index contributed by atoms with van der Waals surface area (Å²) in [6.45, 7) is 4.29. The van der Waals surface area contributed by atoms with Crippen molar-refractivity contribution in [3.05, 3.63) is 18.2 Å². The van der Waals surface area contributed by atoms with Crippen LogP contribution in [0.5, 0.6) is 0 Å². The normalized spacial score (nSPS) is 22.0. The first-order chi connectivity index (χ1) is 8.45. The minimum atomic E-state index is 0.669. The molecule has 0 amide bonds. The lowest BCUT2D eigenvalue weighted by atomic mass is 10.0. The van der Waals surface area contributed by atoms with E-state index in [1.165, 1.54) is 37.1 Å². The molecule has 1 aliphatic carbocycles. The Morgan fingerprint density at radius 3 is 2.71 bits per heavy atom. The second kappa shape index (κ2) is 5.00. The number of rotatable bonds is 2. The summed E-state index contributed by atoms with van der Waals surface area (Å²) >= 11 is 0. The Morgan fingerprint density at radius 1 is 1.18 bits per heavy atom. The molecule has 92 valence electrons. The van der Waals surface area contributed by atoms with Crippen LogP contribution in [-0.2, 0) is 0 Å². The fourth-order valence-corrected chi connectivity index (χ4v) is 2.99. The molecule has 1 N–H and O–H groups in total. The van der Waals surface area contributed by atoms with Crippen LogP contribution in [-0.4, -0.2) is 36.1 Å². The minimum Gasteiger partial charge on any atom is -0.366 e. The van der Waals surface area contributed by atoms with E-state index in [1.54, 1.807) is 6.33 Å². The highest BCUT2D eigenvalue weighted by atomic mass is 15.2. The van der Waals surface area contributed by atoms with Gasteiger partial charge in [0.15, 0.2) is 0 Å². The van der Waals surface area contributed by atoms with Gasteiger partial charge >= 0.3 is 0 Å². The van der Waals surface area contributed by atoms with E-state index in [2.05, 4.69) is 20.2 Å². The summed E-state index contributed by atoms with van der Waals surface area (Å²) in [5.41, 5.74) is 2.57. The Hall–Kier alpha value is -1.16. The molecule has 0 spiro atoms. The van der Waals surface area contributed by atoms with Gasteiger partial charge in [-0.05, 0) is 12.8 Å². The quantitative estimate of drug-likeness (QED) is 0.840. The maximum Gasteiger partial charge on any atom is 0.115 e. The second-order valence-corrected chi connectivity index (χ2v) is 5.01. The van der Waals surface area contributed by atoms with Gasteiger partial charge < -0.3 is 10.2 Å². The van der Waals surface area contributed by atoms with Gasteiger partial charge in [0, 0.05) is 32.1 Å². The number of nitrogens with one attached hydrogen (secondary N) is 1. The molecular weight excluding hydrogens is 212 g/mol. The van der Waals surface area contributed by atoms with Crippen LogP contribution in [0, 0.1) is 0 Å². The SMILES string of the molecule is c1ncc(N2CCNCC2)c(C2CCCC2)n1. The number of hydrogen-bond acceptors (Lipinski definition) is 4. The summed E-state index contributed by atoms with van der Waals surface area (Å²) in [7, 11) is 0. The van der Waals surface area contributed by atoms with Crippen LogP contribution in [0.15, 0.2) is 12.5 Å². The Labute approximate surface area is 102 Å². The highest BCUT2D eigenvalue weighted by Gasteiger charge is 2.24. The third-order valence-corrected chi connectivity index (χ3v) is 3.92. The minimum absolute atomic E-state index is 0.669. The third-order valence-electron chi connectivity index (χ3n) is 3.92. The Bertz CT molecular complexity index is 367. The Balaban J connectivity index is 1.86. The fraction of sp³-hybridized carbons (Fsp3) is 0.692. The lowest BCUT2D eigenvalue weighted by molar-refractivity contribution is 0.581. The summed E-state index contributed by atoms with van der Waals surface area (Å²) in [5, 5.41) is 3.39. The van der Waals surface area contributed by atoms with Crippen LogP contribution in [0.4, 0.5) is 5.69 Å². The van der Waals surface area contributed by atoms with Gasteiger partial charge in [0.1, 0.15) is 6.33 Å². The molecule has 3 rings (SSSR count). The monoisotopic (exact) mass is 232 g/mol. The Kier molecular flexibility index (Phi) is 3.22. The molecule has 0 atom stereocenters. The number of anilines is 1. The summed E-state index contributed by atoms with van der Waals surface area (Å²) in [6.07, 6.45) is 9.03. The van der Waals surface area contributed by atoms with Gasteiger partial charge in [-0.15, -0.1) is 0 Å². The smallest absolute Gasteiger partial charge is 0.115 e. The van der Waals surface area contributed by atoms with Crippen molar-refractivity contribution in [2.45, 2.75) is 31.6 Å². The first-order valence-electron chi connectivity index (χ1n) is 6.71. The van der Waals surface area contributed by atoms with Crippen LogP contribution in [0.3, 0.4) is 0 Å². The van der Waals surface area contributed by atoms with E-state index >= 15 is 0 Å². The van der Waals surface area contributed by atoms with Crippen molar-refractivity contribution in [1.29, 1.82) is 0 Å². The maximum atomic E-state index is 4.56. The van der Waals surface area contributed by atoms with E-state index in [9.17, 15) is 0 Å². The zero-order valence-corrected chi connectivity index (χ0v) is 10.2. The van der Waals surface area contributed by atoms with E-state index in [-0.39, 0.29) is 0 Å². The topological polar surface area (TPSA) is 41.1 Å². The first-order valence-corrected chi connectivity index (χ1v) is 6.71. The molecule has 2 aliphatic rings. The van der Waals surface area contributed by atoms with Crippen LogP contribution in [0.2, 0.25) is 0 Å². The molecule has 1 aliphatic heterocycles. The first kappa shape index (κ1) is 11.0. The number of nitrogens with zero attached hydrogens (tertiary/aromatic N) is 3. The molecule has 0 unspecified atom stereocenters. The van der Waals surface area contributed by atoms with Crippen LogP contribution in [0.1, 0.15) is 37.3 Å². The van der Waals surface area contributed by atoms with Crippen LogP contribution in [0.25, 0.3) is 0 Å². The molecule has 0 radical (unpaired) electrons. The number of piperazine rings is 1. The maximum absolute atomic E-state index is 4.56. The van der Waals surface area contributed by atoms with Crippen molar-refractivity contribution in [2.24, 2.45) is 0 Å². The number of hydrogen-bond donors (Lipinski definition) is 1. The third kappa shape index (κ3) is 2.27. The average Bonchev–Trinajstić information content (AvgIpc) is 2.94. The molecule has 2 heterocycles. The van der Waals surface area contributed by atoms with Gasteiger partial charge in [-0.3, -0.25) is 0 Å². The number of aromatic nitrogens is 2. The van der Waals surface area contributed by atoms with Gasteiger partial charge in [0.2, 0.25) is 0 Å². The Morgan fingerprint density at radius 2 is 1.94 bits per heavy atom.